The molecular formula is C18H21NOS. The third kappa shape index (κ3) is 4.10. The van der Waals surface area contributed by atoms with E-state index in [2.05, 4.69) is 59.9 Å². The summed E-state index contributed by atoms with van der Waals surface area (Å²) in [6.45, 7) is 2.73. The summed E-state index contributed by atoms with van der Waals surface area (Å²) in [4.78, 5) is 1.33. The highest BCUT2D eigenvalue weighted by atomic mass is 32.2. The second-order valence-corrected chi connectivity index (χ2v) is 6.34. The quantitative estimate of drug-likeness (QED) is 0.649. The first-order valence-electron chi connectivity index (χ1n) is 7.51. The Labute approximate surface area is 130 Å². The summed E-state index contributed by atoms with van der Waals surface area (Å²) in [5.74, 6) is 1.08. The first-order valence-corrected chi connectivity index (χ1v) is 8.50. The Hall–Kier alpha value is -1.29. The minimum atomic E-state index is 0.205. The van der Waals surface area contributed by atoms with Gasteiger partial charge in [0.15, 0.2) is 0 Å². The lowest BCUT2D eigenvalue weighted by molar-refractivity contribution is 0.0430. The van der Waals surface area contributed by atoms with Gasteiger partial charge < -0.3 is 10.1 Å². The zero-order valence-electron chi connectivity index (χ0n) is 12.1. The standard InChI is InChI=1S/C18H21NOS/c1-2-7-16(8-3-1)21-13-11-19-14-18-17-9-5-4-6-15(17)10-12-20-18/h1-9,18-19H,10-14H2. The number of rotatable bonds is 6. The molecule has 3 heteroatoms. The van der Waals surface area contributed by atoms with E-state index >= 15 is 0 Å². The van der Waals surface area contributed by atoms with Crippen LogP contribution in [0.5, 0.6) is 0 Å². The molecule has 0 amide bonds. The summed E-state index contributed by atoms with van der Waals surface area (Å²) in [6, 6.07) is 19.2. The maximum Gasteiger partial charge on any atom is 0.0952 e. The van der Waals surface area contributed by atoms with Crippen molar-refractivity contribution in [3.8, 4) is 0 Å². The molecule has 0 aliphatic carbocycles. The normalized spacial score (nSPS) is 17.4. The number of benzene rings is 2. The third-order valence-electron chi connectivity index (χ3n) is 3.71. The molecule has 1 aliphatic heterocycles. The van der Waals surface area contributed by atoms with Gasteiger partial charge in [0.2, 0.25) is 0 Å². The second kappa shape index (κ2) is 7.64. The summed E-state index contributed by atoms with van der Waals surface area (Å²) in [5, 5.41) is 3.52. The fourth-order valence-electron chi connectivity index (χ4n) is 2.64. The summed E-state index contributed by atoms with van der Waals surface area (Å²) in [6.07, 6.45) is 1.24. The van der Waals surface area contributed by atoms with E-state index in [9.17, 15) is 0 Å². The van der Waals surface area contributed by atoms with Crippen LogP contribution < -0.4 is 5.32 Å². The van der Waals surface area contributed by atoms with E-state index in [4.69, 9.17) is 4.74 Å². The van der Waals surface area contributed by atoms with E-state index in [1.165, 1.54) is 16.0 Å². The van der Waals surface area contributed by atoms with E-state index < -0.39 is 0 Å². The van der Waals surface area contributed by atoms with Gasteiger partial charge in [-0.3, -0.25) is 0 Å². The second-order valence-electron chi connectivity index (χ2n) is 5.17. The highest BCUT2D eigenvalue weighted by Crippen LogP contribution is 2.26. The van der Waals surface area contributed by atoms with Crippen molar-refractivity contribution in [3.05, 3.63) is 65.7 Å². The van der Waals surface area contributed by atoms with Gasteiger partial charge in [0, 0.05) is 23.7 Å². The number of hydrogen-bond acceptors (Lipinski definition) is 3. The van der Waals surface area contributed by atoms with Crippen LogP contribution in [0.15, 0.2) is 59.5 Å². The fourth-order valence-corrected chi connectivity index (χ4v) is 3.47. The van der Waals surface area contributed by atoms with Gasteiger partial charge in [0.25, 0.3) is 0 Å². The lowest BCUT2D eigenvalue weighted by atomic mass is 9.98. The smallest absolute Gasteiger partial charge is 0.0952 e. The lowest BCUT2D eigenvalue weighted by Crippen LogP contribution is -2.28. The van der Waals surface area contributed by atoms with Crippen molar-refractivity contribution < 1.29 is 4.74 Å². The van der Waals surface area contributed by atoms with Crippen molar-refractivity contribution in [2.24, 2.45) is 0 Å². The molecule has 0 fully saturated rings. The van der Waals surface area contributed by atoms with Crippen LogP contribution in [0.3, 0.4) is 0 Å². The van der Waals surface area contributed by atoms with Crippen LogP contribution in [0.1, 0.15) is 17.2 Å². The topological polar surface area (TPSA) is 21.3 Å². The summed E-state index contributed by atoms with van der Waals surface area (Å²) >= 11 is 1.89. The molecule has 21 heavy (non-hydrogen) atoms. The molecule has 2 aromatic carbocycles. The monoisotopic (exact) mass is 299 g/mol. The summed E-state index contributed by atoms with van der Waals surface area (Å²) in [5.41, 5.74) is 2.79. The number of thioether (sulfide) groups is 1. The van der Waals surface area contributed by atoms with Crippen molar-refractivity contribution in [3.63, 3.8) is 0 Å². The van der Waals surface area contributed by atoms with Gasteiger partial charge in [-0.1, -0.05) is 42.5 Å². The Morgan fingerprint density at radius 2 is 1.86 bits per heavy atom. The maximum absolute atomic E-state index is 5.90. The van der Waals surface area contributed by atoms with E-state index in [-0.39, 0.29) is 6.10 Å². The molecule has 2 nitrogen and oxygen atoms in total. The molecule has 0 bridgehead atoms. The molecule has 0 saturated heterocycles. The number of ether oxygens (including phenoxy) is 1. The van der Waals surface area contributed by atoms with E-state index in [0.717, 1.165) is 31.9 Å². The number of hydrogen-bond donors (Lipinski definition) is 1. The van der Waals surface area contributed by atoms with Crippen LogP contribution in [0.25, 0.3) is 0 Å². The number of nitrogens with one attached hydrogen (secondary N) is 1. The molecule has 0 spiro atoms. The van der Waals surface area contributed by atoms with Gasteiger partial charge in [-0.15, -0.1) is 11.8 Å². The largest absolute Gasteiger partial charge is 0.372 e. The molecule has 1 unspecified atom stereocenters. The van der Waals surface area contributed by atoms with E-state index in [1.807, 2.05) is 11.8 Å². The third-order valence-corrected chi connectivity index (χ3v) is 4.73. The summed E-state index contributed by atoms with van der Waals surface area (Å²) in [7, 11) is 0. The van der Waals surface area contributed by atoms with Crippen LogP contribution in [-0.2, 0) is 11.2 Å². The van der Waals surface area contributed by atoms with Crippen molar-refractivity contribution in [2.45, 2.75) is 17.4 Å². The van der Waals surface area contributed by atoms with Crippen molar-refractivity contribution >= 4 is 11.8 Å². The minimum absolute atomic E-state index is 0.205. The predicted octanol–water partition coefficient (Wildman–Crippen LogP) is 3.68. The first-order chi connectivity index (χ1) is 10.4. The fraction of sp³-hybridized carbons (Fsp3) is 0.333. The molecular weight excluding hydrogens is 278 g/mol. The zero-order chi connectivity index (χ0) is 14.3. The molecule has 1 atom stereocenters. The van der Waals surface area contributed by atoms with Gasteiger partial charge in [0.05, 0.1) is 12.7 Å². The Morgan fingerprint density at radius 1 is 1.05 bits per heavy atom. The van der Waals surface area contributed by atoms with Gasteiger partial charge in [-0.25, -0.2) is 0 Å². The molecule has 0 aromatic heterocycles. The Kier molecular flexibility index (Phi) is 5.33. The predicted molar refractivity (Wildman–Crippen MR) is 88.9 cm³/mol. The maximum atomic E-state index is 5.90. The Bertz CT molecular complexity index is 558. The summed E-state index contributed by atoms with van der Waals surface area (Å²) < 4.78 is 5.90. The molecule has 2 aromatic rings. The van der Waals surface area contributed by atoms with Crippen molar-refractivity contribution in [1.29, 1.82) is 0 Å². The van der Waals surface area contributed by atoms with Crippen molar-refractivity contribution in [1.82, 2.24) is 5.32 Å². The van der Waals surface area contributed by atoms with Gasteiger partial charge in [-0.05, 0) is 29.7 Å². The molecule has 0 saturated carbocycles. The SMILES string of the molecule is c1ccc(SCCNCC2OCCc3ccccc32)cc1. The van der Waals surface area contributed by atoms with Gasteiger partial charge in [0.1, 0.15) is 0 Å². The average molecular weight is 299 g/mol. The molecule has 3 rings (SSSR count). The number of fused-ring (bicyclic) bond motifs is 1. The Balaban J connectivity index is 1.42. The molecule has 1 N–H and O–H groups in total. The van der Waals surface area contributed by atoms with Crippen LogP contribution >= 0.6 is 11.8 Å². The van der Waals surface area contributed by atoms with Crippen LogP contribution in [0, 0.1) is 0 Å². The molecule has 1 aliphatic rings. The average Bonchev–Trinajstić information content (AvgIpc) is 2.56. The minimum Gasteiger partial charge on any atom is -0.372 e. The highest BCUT2D eigenvalue weighted by molar-refractivity contribution is 7.99. The van der Waals surface area contributed by atoms with Crippen LogP contribution in [0.4, 0.5) is 0 Å². The molecule has 1 heterocycles. The Morgan fingerprint density at radius 3 is 2.76 bits per heavy atom. The van der Waals surface area contributed by atoms with E-state index in [1.54, 1.807) is 0 Å². The lowest BCUT2D eigenvalue weighted by Gasteiger charge is -2.26. The van der Waals surface area contributed by atoms with Crippen LogP contribution in [0.2, 0.25) is 0 Å². The highest BCUT2D eigenvalue weighted by Gasteiger charge is 2.19. The first kappa shape index (κ1) is 14.6. The molecule has 110 valence electrons. The van der Waals surface area contributed by atoms with Crippen LogP contribution in [-0.4, -0.2) is 25.4 Å². The molecule has 0 radical (unpaired) electrons. The zero-order valence-corrected chi connectivity index (χ0v) is 12.9. The van der Waals surface area contributed by atoms with Crippen molar-refractivity contribution in [2.75, 3.05) is 25.4 Å². The van der Waals surface area contributed by atoms with Gasteiger partial charge in [-0.2, -0.15) is 0 Å². The van der Waals surface area contributed by atoms with E-state index in [0.29, 0.717) is 0 Å². The van der Waals surface area contributed by atoms with Gasteiger partial charge >= 0.3 is 0 Å².